The summed E-state index contributed by atoms with van der Waals surface area (Å²) in [6.45, 7) is 0. The van der Waals surface area contributed by atoms with Gasteiger partial charge >= 0.3 is 0 Å². The summed E-state index contributed by atoms with van der Waals surface area (Å²) in [6, 6.07) is 19.5. The van der Waals surface area contributed by atoms with Crippen molar-refractivity contribution in [2.24, 2.45) is 5.10 Å². The smallest absolute Gasteiger partial charge is 0.281 e. The molecule has 30 heavy (non-hydrogen) atoms. The molecule has 0 aliphatic carbocycles. The second-order valence-corrected chi connectivity index (χ2v) is 6.46. The quantitative estimate of drug-likeness (QED) is 0.414. The van der Waals surface area contributed by atoms with Gasteiger partial charge in [-0.1, -0.05) is 36.4 Å². The van der Waals surface area contributed by atoms with Crippen LogP contribution in [-0.4, -0.2) is 36.6 Å². The second kappa shape index (κ2) is 9.11. The molecular formula is C23H22N2O5. The first-order chi connectivity index (χ1) is 14.5. The minimum absolute atomic E-state index is 0.0817. The van der Waals surface area contributed by atoms with E-state index in [2.05, 4.69) is 10.5 Å². The number of phenolic OH excluding ortho intramolecular Hbond substituents is 1. The van der Waals surface area contributed by atoms with Crippen molar-refractivity contribution < 1.29 is 24.5 Å². The van der Waals surface area contributed by atoms with E-state index in [1.165, 1.54) is 32.6 Å². The van der Waals surface area contributed by atoms with Crippen molar-refractivity contribution >= 4 is 12.1 Å². The topological polar surface area (TPSA) is 100 Å². The molecule has 154 valence electrons. The third kappa shape index (κ3) is 4.42. The Morgan fingerprint density at radius 3 is 1.93 bits per heavy atom. The zero-order valence-electron chi connectivity index (χ0n) is 16.6. The summed E-state index contributed by atoms with van der Waals surface area (Å²) in [4.78, 5) is 13.0. The number of aliphatic hydroxyl groups is 1. The molecule has 1 amide bonds. The zero-order chi connectivity index (χ0) is 21.6. The number of rotatable bonds is 7. The van der Waals surface area contributed by atoms with Gasteiger partial charge in [0.1, 0.15) is 17.2 Å². The Kier molecular flexibility index (Phi) is 6.34. The van der Waals surface area contributed by atoms with Crippen LogP contribution in [0.25, 0.3) is 0 Å². The predicted octanol–water partition coefficient (Wildman–Crippen LogP) is 2.80. The lowest BCUT2D eigenvalue weighted by molar-refractivity contribution is -0.136. The van der Waals surface area contributed by atoms with Gasteiger partial charge in [-0.05, 0) is 53.1 Å². The van der Waals surface area contributed by atoms with E-state index in [1.807, 2.05) is 0 Å². The molecule has 3 aromatic rings. The Morgan fingerprint density at radius 1 is 0.933 bits per heavy atom. The second-order valence-electron chi connectivity index (χ2n) is 6.46. The average molecular weight is 406 g/mol. The summed E-state index contributed by atoms with van der Waals surface area (Å²) in [7, 11) is 3.07. The molecule has 0 heterocycles. The first-order valence-corrected chi connectivity index (χ1v) is 9.11. The van der Waals surface area contributed by atoms with Crippen molar-refractivity contribution in [2.75, 3.05) is 14.2 Å². The molecule has 0 saturated heterocycles. The van der Waals surface area contributed by atoms with Gasteiger partial charge in [-0.25, -0.2) is 5.43 Å². The van der Waals surface area contributed by atoms with Gasteiger partial charge in [0.15, 0.2) is 5.60 Å². The number of nitrogens with one attached hydrogen (secondary N) is 1. The lowest BCUT2D eigenvalue weighted by Crippen LogP contribution is -2.43. The number of nitrogens with zero attached hydrogens (tertiary/aromatic N) is 1. The Bertz CT molecular complexity index is 983. The summed E-state index contributed by atoms with van der Waals surface area (Å²) in [6.07, 6.45) is 1.38. The summed E-state index contributed by atoms with van der Waals surface area (Å²) >= 11 is 0. The molecule has 0 aliphatic heterocycles. The number of ether oxygens (including phenoxy) is 2. The number of hydrazone groups is 1. The lowest BCUT2D eigenvalue weighted by atomic mass is 9.85. The third-order valence-corrected chi connectivity index (χ3v) is 4.59. The van der Waals surface area contributed by atoms with Crippen molar-refractivity contribution in [3.8, 4) is 17.2 Å². The minimum atomic E-state index is -2.01. The van der Waals surface area contributed by atoms with Gasteiger partial charge in [-0.3, -0.25) is 4.79 Å². The van der Waals surface area contributed by atoms with Gasteiger partial charge in [0.2, 0.25) is 0 Å². The molecule has 0 spiro atoms. The first kappa shape index (κ1) is 20.9. The third-order valence-electron chi connectivity index (χ3n) is 4.59. The van der Waals surface area contributed by atoms with Gasteiger partial charge in [0.05, 0.1) is 20.4 Å². The standard InChI is InChI=1S/C23H22N2O5/c1-29-20-10-6-17(7-11-20)23(28,18-8-12-21(30-2)13-9-18)22(27)25-24-15-16-4-3-5-19(26)14-16/h3-15,26,28H,1-2H3,(H,25,27)/b24-15+. The Hall–Kier alpha value is -3.84. The minimum Gasteiger partial charge on any atom is -0.508 e. The van der Waals surface area contributed by atoms with Gasteiger partial charge < -0.3 is 19.7 Å². The molecule has 0 saturated carbocycles. The monoisotopic (exact) mass is 406 g/mol. The van der Waals surface area contributed by atoms with E-state index in [0.717, 1.165) is 0 Å². The van der Waals surface area contributed by atoms with Crippen LogP contribution in [0.4, 0.5) is 0 Å². The van der Waals surface area contributed by atoms with Crippen LogP contribution in [0.1, 0.15) is 16.7 Å². The average Bonchev–Trinajstić information content (AvgIpc) is 2.78. The highest BCUT2D eigenvalue weighted by Gasteiger charge is 2.40. The molecule has 0 unspecified atom stereocenters. The fraction of sp³-hybridized carbons (Fsp3) is 0.130. The van der Waals surface area contributed by atoms with Crippen molar-refractivity contribution in [3.05, 3.63) is 89.5 Å². The van der Waals surface area contributed by atoms with Crippen LogP contribution in [0.15, 0.2) is 77.9 Å². The maximum absolute atomic E-state index is 13.0. The van der Waals surface area contributed by atoms with Crippen molar-refractivity contribution in [2.45, 2.75) is 5.60 Å². The molecule has 0 bridgehead atoms. The van der Waals surface area contributed by atoms with Crippen molar-refractivity contribution in [1.82, 2.24) is 5.43 Å². The van der Waals surface area contributed by atoms with Gasteiger partial charge in [-0.2, -0.15) is 5.10 Å². The number of amides is 1. The van der Waals surface area contributed by atoms with E-state index in [1.54, 1.807) is 60.7 Å². The molecule has 0 fully saturated rings. The fourth-order valence-electron chi connectivity index (χ4n) is 2.94. The Labute approximate surface area is 174 Å². The fourth-order valence-corrected chi connectivity index (χ4v) is 2.94. The number of aromatic hydroxyl groups is 1. The molecule has 3 rings (SSSR count). The van der Waals surface area contributed by atoms with Crippen LogP contribution in [0, 0.1) is 0 Å². The van der Waals surface area contributed by atoms with Crippen LogP contribution in [0.3, 0.4) is 0 Å². The van der Waals surface area contributed by atoms with E-state index in [-0.39, 0.29) is 5.75 Å². The number of benzene rings is 3. The van der Waals surface area contributed by atoms with Crippen molar-refractivity contribution in [1.29, 1.82) is 0 Å². The molecule has 0 atom stereocenters. The molecule has 3 aromatic carbocycles. The summed E-state index contributed by atoms with van der Waals surface area (Å²) in [5, 5.41) is 24.9. The first-order valence-electron chi connectivity index (χ1n) is 9.11. The van der Waals surface area contributed by atoms with Crippen LogP contribution in [0.2, 0.25) is 0 Å². The van der Waals surface area contributed by atoms with Crippen molar-refractivity contribution in [3.63, 3.8) is 0 Å². The Morgan fingerprint density at radius 2 is 1.47 bits per heavy atom. The van der Waals surface area contributed by atoms with Gasteiger partial charge in [0, 0.05) is 0 Å². The van der Waals surface area contributed by atoms with E-state index in [9.17, 15) is 15.0 Å². The number of phenols is 1. The largest absolute Gasteiger partial charge is 0.508 e. The summed E-state index contributed by atoms with van der Waals surface area (Å²) < 4.78 is 10.3. The molecule has 0 aliphatic rings. The molecule has 7 heteroatoms. The number of hydrogen-bond donors (Lipinski definition) is 3. The molecule has 0 aromatic heterocycles. The van der Waals surface area contributed by atoms with Gasteiger partial charge in [-0.15, -0.1) is 0 Å². The normalized spacial score (nSPS) is 11.3. The van der Waals surface area contributed by atoms with Crippen LogP contribution in [-0.2, 0) is 10.4 Å². The summed E-state index contributed by atoms with van der Waals surface area (Å²) in [5.41, 5.74) is 1.66. The summed E-state index contributed by atoms with van der Waals surface area (Å²) in [5.74, 6) is 0.531. The highest BCUT2D eigenvalue weighted by Crippen LogP contribution is 2.32. The highest BCUT2D eigenvalue weighted by molar-refractivity contribution is 5.91. The van der Waals surface area contributed by atoms with Crippen LogP contribution < -0.4 is 14.9 Å². The predicted molar refractivity (Wildman–Crippen MR) is 113 cm³/mol. The van der Waals surface area contributed by atoms with Crippen LogP contribution in [0.5, 0.6) is 17.2 Å². The zero-order valence-corrected chi connectivity index (χ0v) is 16.6. The molecule has 7 nitrogen and oxygen atoms in total. The lowest BCUT2D eigenvalue weighted by Gasteiger charge is -2.27. The van der Waals surface area contributed by atoms with E-state index >= 15 is 0 Å². The molecule has 3 N–H and O–H groups in total. The number of methoxy groups -OCH3 is 2. The van der Waals surface area contributed by atoms with E-state index in [0.29, 0.717) is 28.2 Å². The number of hydrogen-bond acceptors (Lipinski definition) is 6. The van der Waals surface area contributed by atoms with Gasteiger partial charge in [0.25, 0.3) is 5.91 Å². The highest BCUT2D eigenvalue weighted by atomic mass is 16.5. The van der Waals surface area contributed by atoms with E-state index < -0.39 is 11.5 Å². The number of carbonyl (C=O) groups is 1. The SMILES string of the molecule is COc1ccc(C(O)(C(=O)N/N=C/c2cccc(O)c2)c2ccc(OC)cc2)cc1. The van der Waals surface area contributed by atoms with E-state index in [4.69, 9.17) is 9.47 Å². The Balaban J connectivity index is 1.93. The molecule has 0 radical (unpaired) electrons. The number of carbonyl (C=O) groups excluding carboxylic acids is 1. The maximum Gasteiger partial charge on any atom is 0.281 e. The van der Waals surface area contributed by atoms with Crippen LogP contribution >= 0.6 is 0 Å². The molecular weight excluding hydrogens is 384 g/mol. The maximum atomic E-state index is 13.0.